The van der Waals surface area contributed by atoms with Gasteiger partial charge in [-0.05, 0) is 43.7 Å². The maximum Gasteiger partial charge on any atom is 0.337 e. The molecular formula is C21H25N5O3. The summed E-state index contributed by atoms with van der Waals surface area (Å²) in [6.45, 7) is 4.86. The van der Waals surface area contributed by atoms with E-state index in [2.05, 4.69) is 19.9 Å². The molecule has 0 saturated carbocycles. The molecule has 1 spiro atoms. The number of piperidine rings is 2. The minimum Gasteiger partial charge on any atom is -0.478 e. The van der Waals surface area contributed by atoms with Crippen LogP contribution in [-0.4, -0.2) is 56.5 Å². The largest absolute Gasteiger partial charge is 0.478 e. The van der Waals surface area contributed by atoms with Gasteiger partial charge in [0.1, 0.15) is 5.82 Å². The van der Waals surface area contributed by atoms with E-state index in [1.54, 1.807) is 24.5 Å². The first-order valence-corrected chi connectivity index (χ1v) is 9.94. The molecule has 29 heavy (non-hydrogen) atoms. The number of likely N-dealkylation sites (tertiary alicyclic amines) is 1. The molecule has 0 radical (unpaired) electrons. The number of pyridine rings is 1. The maximum atomic E-state index is 12.5. The Kier molecular flexibility index (Phi) is 5.17. The van der Waals surface area contributed by atoms with Gasteiger partial charge in [0.25, 0.3) is 0 Å². The van der Waals surface area contributed by atoms with Crippen LogP contribution in [0.15, 0.2) is 30.7 Å². The van der Waals surface area contributed by atoms with Gasteiger partial charge in [-0.25, -0.2) is 9.78 Å². The quantitative estimate of drug-likeness (QED) is 0.848. The van der Waals surface area contributed by atoms with Crippen molar-refractivity contribution < 1.29 is 14.7 Å². The van der Waals surface area contributed by atoms with Crippen molar-refractivity contribution in [2.45, 2.75) is 39.2 Å². The SMILES string of the molecule is Cc1cnc(CN2CC3(CCC2=O)CCN(c2ccc(C(=O)O)cn2)CC3)cn1. The summed E-state index contributed by atoms with van der Waals surface area (Å²) in [4.78, 5) is 40.6. The lowest BCUT2D eigenvalue weighted by atomic mass is 9.72. The number of carbonyl (C=O) groups excluding carboxylic acids is 1. The van der Waals surface area contributed by atoms with Gasteiger partial charge in [-0.2, -0.15) is 0 Å². The number of carboxylic acids is 1. The van der Waals surface area contributed by atoms with E-state index in [-0.39, 0.29) is 16.9 Å². The number of carboxylic acid groups (broad SMARTS) is 1. The van der Waals surface area contributed by atoms with Crippen LogP contribution in [0.3, 0.4) is 0 Å². The van der Waals surface area contributed by atoms with Crippen LogP contribution in [-0.2, 0) is 11.3 Å². The zero-order valence-corrected chi connectivity index (χ0v) is 16.5. The summed E-state index contributed by atoms with van der Waals surface area (Å²) in [5.41, 5.74) is 2.01. The molecule has 8 heteroatoms. The Morgan fingerprint density at radius 2 is 1.90 bits per heavy atom. The fraction of sp³-hybridized carbons (Fsp3) is 0.476. The Labute approximate surface area is 169 Å². The Morgan fingerprint density at radius 1 is 1.10 bits per heavy atom. The van der Waals surface area contributed by atoms with E-state index in [0.717, 1.165) is 56.1 Å². The molecule has 2 aromatic rings. The number of hydrogen-bond acceptors (Lipinski definition) is 6. The molecule has 8 nitrogen and oxygen atoms in total. The number of nitrogens with zero attached hydrogens (tertiary/aromatic N) is 5. The van der Waals surface area contributed by atoms with Gasteiger partial charge in [0.05, 0.1) is 29.7 Å². The number of aryl methyl sites for hydroxylation is 1. The first-order chi connectivity index (χ1) is 13.9. The minimum absolute atomic E-state index is 0.129. The van der Waals surface area contributed by atoms with Gasteiger partial charge < -0.3 is 14.9 Å². The standard InChI is InChI=1S/C21H25N5O3/c1-15-10-23-17(12-22-15)13-26-14-21(5-4-19(26)27)6-8-25(9-7-21)18-3-2-16(11-24-18)20(28)29/h2-3,10-12H,4-9,13-14H2,1H3,(H,28,29). The second-order valence-corrected chi connectivity index (χ2v) is 8.10. The van der Waals surface area contributed by atoms with Crippen LogP contribution in [0.4, 0.5) is 5.82 Å². The van der Waals surface area contributed by atoms with Crippen LogP contribution < -0.4 is 4.90 Å². The predicted molar refractivity (Wildman–Crippen MR) is 106 cm³/mol. The van der Waals surface area contributed by atoms with Gasteiger partial charge in [0, 0.05) is 38.4 Å². The number of anilines is 1. The van der Waals surface area contributed by atoms with Crippen molar-refractivity contribution in [1.82, 2.24) is 19.9 Å². The number of amides is 1. The van der Waals surface area contributed by atoms with Crippen LogP contribution in [0.2, 0.25) is 0 Å². The Morgan fingerprint density at radius 3 is 2.52 bits per heavy atom. The first kappa shape index (κ1) is 19.3. The van der Waals surface area contributed by atoms with E-state index in [1.165, 1.54) is 6.20 Å². The average Bonchev–Trinajstić information content (AvgIpc) is 2.73. The first-order valence-electron chi connectivity index (χ1n) is 9.94. The van der Waals surface area contributed by atoms with Gasteiger partial charge >= 0.3 is 5.97 Å². The van der Waals surface area contributed by atoms with Gasteiger partial charge in [-0.3, -0.25) is 14.8 Å². The molecule has 2 aliphatic rings. The van der Waals surface area contributed by atoms with E-state index in [1.807, 2.05) is 11.8 Å². The molecule has 0 aliphatic carbocycles. The van der Waals surface area contributed by atoms with Gasteiger partial charge in [0.15, 0.2) is 0 Å². The smallest absolute Gasteiger partial charge is 0.337 e. The molecule has 2 fully saturated rings. The molecule has 152 valence electrons. The highest BCUT2D eigenvalue weighted by Crippen LogP contribution is 2.41. The summed E-state index contributed by atoms with van der Waals surface area (Å²) in [5, 5.41) is 9.02. The van der Waals surface area contributed by atoms with Gasteiger partial charge in [-0.1, -0.05) is 0 Å². The lowest BCUT2D eigenvalue weighted by Gasteiger charge is -2.47. The summed E-state index contributed by atoms with van der Waals surface area (Å²) in [6, 6.07) is 3.37. The lowest BCUT2D eigenvalue weighted by molar-refractivity contribution is -0.139. The van der Waals surface area contributed by atoms with Crippen molar-refractivity contribution in [3.8, 4) is 0 Å². The zero-order valence-electron chi connectivity index (χ0n) is 16.5. The number of aromatic carboxylic acids is 1. The predicted octanol–water partition coefficient (Wildman–Crippen LogP) is 2.29. The van der Waals surface area contributed by atoms with Crippen LogP contribution in [0.25, 0.3) is 0 Å². The van der Waals surface area contributed by atoms with Crippen molar-refractivity contribution in [2.24, 2.45) is 5.41 Å². The Balaban J connectivity index is 1.39. The monoisotopic (exact) mass is 395 g/mol. The van der Waals surface area contributed by atoms with E-state index in [4.69, 9.17) is 5.11 Å². The third-order valence-corrected chi connectivity index (χ3v) is 6.08. The molecular weight excluding hydrogens is 370 g/mol. The molecule has 0 atom stereocenters. The van der Waals surface area contributed by atoms with Gasteiger partial charge in [-0.15, -0.1) is 0 Å². The number of carbonyl (C=O) groups is 2. The number of aromatic nitrogens is 3. The molecule has 2 saturated heterocycles. The highest BCUT2D eigenvalue weighted by atomic mass is 16.4. The minimum atomic E-state index is -0.966. The van der Waals surface area contributed by atoms with Crippen molar-refractivity contribution >= 4 is 17.7 Å². The molecule has 0 aromatic carbocycles. The normalized spacial score (nSPS) is 18.9. The zero-order chi connectivity index (χ0) is 20.4. The summed E-state index contributed by atoms with van der Waals surface area (Å²) >= 11 is 0. The van der Waals surface area contributed by atoms with Crippen molar-refractivity contribution in [2.75, 3.05) is 24.5 Å². The third-order valence-electron chi connectivity index (χ3n) is 6.08. The highest BCUT2D eigenvalue weighted by molar-refractivity contribution is 5.87. The topological polar surface area (TPSA) is 99.5 Å². The van der Waals surface area contributed by atoms with Gasteiger partial charge in [0.2, 0.25) is 5.91 Å². The summed E-state index contributed by atoms with van der Waals surface area (Å²) in [5.74, 6) is 0.0294. The fourth-order valence-corrected chi connectivity index (χ4v) is 4.26. The third kappa shape index (κ3) is 4.21. The second-order valence-electron chi connectivity index (χ2n) is 8.10. The molecule has 0 bridgehead atoms. The molecule has 2 aromatic heterocycles. The summed E-state index contributed by atoms with van der Waals surface area (Å²) in [7, 11) is 0. The van der Waals surface area contributed by atoms with Crippen molar-refractivity contribution in [3.05, 3.63) is 47.7 Å². The van der Waals surface area contributed by atoms with Crippen molar-refractivity contribution in [1.29, 1.82) is 0 Å². The lowest BCUT2D eigenvalue weighted by Crippen LogP contribution is -2.51. The highest BCUT2D eigenvalue weighted by Gasteiger charge is 2.41. The second kappa shape index (κ2) is 7.77. The Bertz CT molecular complexity index is 890. The fourth-order valence-electron chi connectivity index (χ4n) is 4.26. The van der Waals surface area contributed by atoms with E-state index < -0.39 is 5.97 Å². The summed E-state index contributed by atoms with van der Waals surface area (Å²) in [6.07, 6.45) is 8.36. The molecule has 1 N–H and O–H groups in total. The molecule has 0 unspecified atom stereocenters. The number of rotatable bonds is 4. The van der Waals surface area contributed by atoms with Crippen LogP contribution in [0, 0.1) is 12.3 Å². The molecule has 4 heterocycles. The Hall–Kier alpha value is -3.03. The van der Waals surface area contributed by atoms with E-state index >= 15 is 0 Å². The molecule has 2 aliphatic heterocycles. The molecule has 4 rings (SSSR count). The van der Waals surface area contributed by atoms with Crippen LogP contribution >= 0.6 is 0 Å². The maximum absolute atomic E-state index is 12.5. The van der Waals surface area contributed by atoms with Crippen molar-refractivity contribution in [3.63, 3.8) is 0 Å². The average molecular weight is 395 g/mol. The summed E-state index contributed by atoms with van der Waals surface area (Å²) < 4.78 is 0. The van der Waals surface area contributed by atoms with E-state index in [9.17, 15) is 9.59 Å². The molecule has 1 amide bonds. The number of hydrogen-bond donors (Lipinski definition) is 1. The van der Waals surface area contributed by atoms with Crippen LogP contribution in [0.1, 0.15) is 47.4 Å². The van der Waals surface area contributed by atoms with E-state index in [0.29, 0.717) is 13.0 Å². The van der Waals surface area contributed by atoms with Crippen LogP contribution in [0.5, 0.6) is 0 Å².